The van der Waals surface area contributed by atoms with E-state index in [2.05, 4.69) is 20.5 Å². The second kappa shape index (κ2) is 7.32. The van der Waals surface area contributed by atoms with Crippen molar-refractivity contribution in [1.82, 2.24) is 15.4 Å². The molecule has 0 aliphatic carbocycles. The van der Waals surface area contributed by atoms with Crippen molar-refractivity contribution in [2.75, 3.05) is 0 Å². The predicted molar refractivity (Wildman–Crippen MR) is 86.3 cm³/mol. The van der Waals surface area contributed by atoms with Gasteiger partial charge in [0, 0.05) is 5.69 Å². The molecule has 0 aliphatic heterocycles. The third-order valence-electron chi connectivity index (χ3n) is 3.18. The number of carbonyl (C=O) groups excluding carboxylic acids is 1. The number of carbonyl (C=O) groups is 1. The van der Waals surface area contributed by atoms with Gasteiger partial charge in [-0.3, -0.25) is 14.6 Å². The fourth-order valence-electron chi connectivity index (χ4n) is 1.97. The second-order valence-electron chi connectivity index (χ2n) is 4.98. The number of aromatic nitrogens is 2. The first-order chi connectivity index (χ1) is 11.0. The monoisotopic (exact) mass is 315 g/mol. The highest BCUT2D eigenvalue weighted by Gasteiger charge is 2.13. The van der Waals surface area contributed by atoms with Gasteiger partial charge in [-0.15, -0.1) is 0 Å². The van der Waals surface area contributed by atoms with E-state index in [-0.39, 0.29) is 5.56 Å². The molecule has 2 rings (SSSR count). The Kier molecular flexibility index (Phi) is 5.21. The lowest BCUT2D eigenvalue weighted by atomic mass is 10.1. The molecule has 120 valence electrons. The zero-order valence-corrected chi connectivity index (χ0v) is 12.5. The molecule has 8 nitrogen and oxygen atoms in total. The molecule has 0 radical (unpaired) electrons. The summed E-state index contributed by atoms with van der Waals surface area (Å²) in [6.45, 7) is 1.56. The molecule has 0 bridgehead atoms. The molecule has 0 fully saturated rings. The van der Waals surface area contributed by atoms with Crippen molar-refractivity contribution in [2.24, 2.45) is 10.8 Å². The third kappa shape index (κ3) is 4.48. The van der Waals surface area contributed by atoms with E-state index in [0.29, 0.717) is 12.1 Å². The van der Waals surface area contributed by atoms with Gasteiger partial charge in [0.25, 0.3) is 11.5 Å². The summed E-state index contributed by atoms with van der Waals surface area (Å²) in [5.74, 6) is -0.469. The molecule has 0 unspecified atom stereocenters. The highest BCUT2D eigenvalue weighted by atomic mass is 16.2. The molecule has 0 saturated heterocycles. The Hall–Kier alpha value is -3.00. The largest absolute Gasteiger partial charge is 0.325 e. The first kappa shape index (κ1) is 16.4. The summed E-state index contributed by atoms with van der Waals surface area (Å²) in [5.41, 5.74) is 8.35. The van der Waals surface area contributed by atoms with Crippen molar-refractivity contribution in [1.29, 1.82) is 0 Å². The molecule has 1 aromatic carbocycles. The van der Waals surface area contributed by atoms with Gasteiger partial charge in [0.15, 0.2) is 0 Å². The van der Waals surface area contributed by atoms with E-state index in [1.807, 2.05) is 30.3 Å². The first-order valence-electron chi connectivity index (χ1n) is 6.93. The number of hydrazone groups is 1. The molecule has 0 saturated carbocycles. The number of hydrogen-bond acceptors (Lipinski definition) is 5. The van der Waals surface area contributed by atoms with Crippen LogP contribution in [0.2, 0.25) is 0 Å². The van der Waals surface area contributed by atoms with Crippen LogP contribution >= 0.6 is 0 Å². The number of aryl methyl sites for hydroxylation is 1. The van der Waals surface area contributed by atoms with Crippen molar-refractivity contribution in [3.8, 4) is 0 Å². The molecule has 0 aliphatic rings. The number of aromatic amines is 2. The molecule has 2 aromatic rings. The van der Waals surface area contributed by atoms with Gasteiger partial charge >= 0.3 is 5.69 Å². The average molecular weight is 315 g/mol. The van der Waals surface area contributed by atoms with Crippen LogP contribution < -0.4 is 22.4 Å². The van der Waals surface area contributed by atoms with Crippen LogP contribution in [0, 0.1) is 6.92 Å². The smallest absolute Gasteiger partial charge is 0.320 e. The third-order valence-corrected chi connectivity index (χ3v) is 3.18. The maximum atomic E-state index is 11.9. The van der Waals surface area contributed by atoms with Gasteiger partial charge in [-0.2, -0.15) is 5.10 Å². The molecule has 1 amide bonds. The number of amides is 1. The molecule has 23 heavy (non-hydrogen) atoms. The molecule has 1 atom stereocenters. The van der Waals surface area contributed by atoms with Gasteiger partial charge in [-0.25, -0.2) is 10.2 Å². The Bertz CT molecular complexity index is 823. The number of nitrogens with one attached hydrogen (secondary N) is 3. The van der Waals surface area contributed by atoms with Crippen molar-refractivity contribution >= 4 is 12.1 Å². The van der Waals surface area contributed by atoms with Gasteiger partial charge < -0.3 is 10.7 Å². The average Bonchev–Trinajstić information content (AvgIpc) is 2.50. The fourth-order valence-corrected chi connectivity index (χ4v) is 1.97. The van der Waals surface area contributed by atoms with Crippen LogP contribution in [0.3, 0.4) is 0 Å². The van der Waals surface area contributed by atoms with Gasteiger partial charge in [-0.1, -0.05) is 30.3 Å². The molecule has 1 aromatic heterocycles. The number of benzene rings is 1. The van der Waals surface area contributed by atoms with E-state index < -0.39 is 23.2 Å². The van der Waals surface area contributed by atoms with E-state index in [9.17, 15) is 14.4 Å². The van der Waals surface area contributed by atoms with E-state index in [1.165, 1.54) is 0 Å². The van der Waals surface area contributed by atoms with Crippen molar-refractivity contribution < 1.29 is 4.79 Å². The summed E-state index contributed by atoms with van der Waals surface area (Å²) >= 11 is 0. The Morgan fingerprint density at radius 3 is 2.65 bits per heavy atom. The summed E-state index contributed by atoms with van der Waals surface area (Å²) in [6, 6.07) is 8.60. The maximum absolute atomic E-state index is 11.9. The van der Waals surface area contributed by atoms with Gasteiger partial charge in [-0.05, 0) is 18.9 Å². The maximum Gasteiger partial charge on any atom is 0.325 e. The Morgan fingerprint density at radius 2 is 2.00 bits per heavy atom. The summed E-state index contributed by atoms with van der Waals surface area (Å²) in [4.78, 5) is 39.1. The van der Waals surface area contributed by atoms with Crippen LogP contribution in [0.15, 0.2) is 45.0 Å². The van der Waals surface area contributed by atoms with Gasteiger partial charge in [0.2, 0.25) is 0 Å². The lowest BCUT2D eigenvalue weighted by molar-refractivity contribution is -0.122. The summed E-state index contributed by atoms with van der Waals surface area (Å²) in [7, 11) is 0. The highest BCUT2D eigenvalue weighted by Crippen LogP contribution is 2.01. The highest BCUT2D eigenvalue weighted by molar-refractivity contribution is 5.85. The molecule has 8 heteroatoms. The molecular weight excluding hydrogens is 298 g/mol. The number of nitrogens with zero attached hydrogens (tertiary/aromatic N) is 1. The van der Waals surface area contributed by atoms with Crippen LogP contribution in [0.1, 0.15) is 16.8 Å². The topological polar surface area (TPSA) is 133 Å². The number of hydrogen-bond donors (Lipinski definition) is 4. The summed E-state index contributed by atoms with van der Waals surface area (Å²) < 4.78 is 0. The fraction of sp³-hybridized carbons (Fsp3) is 0.200. The predicted octanol–water partition coefficient (Wildman–Crippen LogP) is -0.608. The minimum Gasteiger partial charge on any atom is -0.320 e. The quantitative estimate of drug-likeness (QED) is 0.432. The minimum absolute atomic E-state index is 0.154. The van der Waals surface area contributed by atoms with Crippen LogP contribution in [0.5, 0.6) is 0 Å². The van der Waals surface area contributed by atoms with Crippen LogP contribution in [-0.4, -0.2) is 28.1 Å². The molecular formula is C15H17N5O3. The molecule has 0 spiro atoms. The van der Waals surface area contributed by atoms with Crippen LogP contribution in [0.4, 0.5) is 0 Å². The van der Waals surface area contributed by atoms with Crippen molar-refractivity contribution in [2.45, 2.75) is 19.4 Å². The number of rotatable bonds is 5. The van der Waals surface area contributed by atoms with Crippen LogP contribution in [-0.2, 0) is 11.2 Å². The normalized spacial score (nSPS) is 12.3. The summed E-state index contributed by atoms with van der Waals surface area (Å²) in [5, 5.41) is 3.71. The van der Waals surface area contributed by atoms with Gasteiger partial charge in [0.1, 0.15) is 0 Å². The SMILES string of the molecule is Cc1[nH]c(=O)[nH]c(=O)c1C=NNC(=O)[C@@H](N)Cc1ccccc1. The lowest BCUT2D eigenvalue weighted by Gasteiger charge is -2.09. The standard InChI is InChI=1S/C15H17N5O3/c1-9-11(13(21)19-15(23)18-9)8-17-20-14(22)12(16)7-10-5-3-2-4-6-10/h2-6,8,12H,7,16H2,1H3,(H,20,22)(H2,18,19,21,23)/t12-/m0/s1. The second-order valence-corrected chi connectivity index (χ2v) is 4.98. The Balaban J connectivity index is 1.99. The summed E-state index contributed by atoms with van der Waals surface area (Å²) in [6.07, 6.45) is 1.54. The van der Waals surface area contributed by atoms with E-state index in [1.54, 1.807) is 6.92 Å². The minimum atomic E-state index is -0.760. The zero-order valence-electron chi connectivity index (χ0n) is 12.5. The Morgan fingerprint density at radius 1 is 1.30 bits per heavy atom. The number of nitrogens with two attached hydrogens (primary N) is 1. The number of H-pyrrole nitrogens is 2. The van der Waals surface area contributed by atoms with E-state index in [4.69, 9.17) is 5.73 Å². The first-order valence-corrected chi connectivity index (χ1v) is 6.93. The van der Waals surface area contributed by atoms with Gasteiger partial charge in [0.05, 0.1) is 17.8 Å². The zero-order chi connectivity index (χ0) is 16.8. The van der Waals surface area contributed by atoms with Crippen molar-refractivity contribution in [3.63, 3.8) is 0 Å². The Labute approximate surface area is 131 Å². The molecule has 5 N–H and O–H groups in total. The van der Waals surface area contributed by atoms with Crippen molar-refractivity contribution in [3.05, 3.63) is 68.0 Å². The lowest BCUT2D eigenvalue weighted by Crippen LogP contribution is -2.40. The van der Waals surface area contributed by atoms with Crippen LogP contribution in [0.25, 0.3) is 0 Å². The molecule has 1 heterocycles. The van der Waals surface area contributed by atoms with E-state index >= 15 is 0 Å². The van der Waals surface area contributed by atoms with E-state index in [0.717, 1.165) is 11.8 Å².